The molecule has 1 saturated heterocycles. The Balaban J connectivity index is 1.13. The van der Waals surface area contributed by atoms with Crippen LogP contribution in [-0.4, -0.2) is 81.8 Å². The minimum atomic E-state index is -2.14. The maximum atomic E-state index is 12.9. The summed E-state index contributed by atoms with van der Waals surface area (Å²) < 4.78 is 19.9. The summed E-state index contributed by atoms with van der Waals surface area (Å²) in [7, 11) is 0. The largest absolute Gasteiger partial charge is 0.446 e. The highest BCUT2D eigenvalue weighted by Crippen LogP contribution is 2.40. The summed E-state index contributed by atoms with van der Waals surface area (Å²) in [6.45, 7) is 0.615. The Morgan fingerprint density at radius 2 is 1.86 bits per heavy atom. The van der Waals surface area contributed by atoms with Crippen LogP contribution in [0.5, 0.6) is 0 Å². The van der Waals surface area contributed by atoms with Crippen molar-refractivity contribution in [2.24, 2.45) is 16.5 Å². The van der Waals surface area contributed by atoms with Gasteiger partial charge in [0.25, 0.3) is 0 Å². The summed E-state index contributed by atoms with van der Waals surface area (Å²) in [4.78, 5) is 28.6. The minimum Gasteiger partial charge on any atom is -0.446 e. The van der Waals surface area contributed by atoms with Gasteiger partial charge in [-0.1, -0.05) is 19.3 Å². The number of nitrogens with two attached hydrogens (primary N) is 2. The van der Waals surface area contributed by atoms with Gasteiger partial charge in [0.1, 0.15) is 18.5 Å². The monoisotopic (exact) mass is 520 g/mol. The van der Waals surface area contributed by atoms with E-state index < -0.39 is 29.6 Å². The molecule has 1 aromatic rings. The van der Waals surface area contributed by atoms with Crippen molar-refractivity contribution in [3.63, 3.8) is 0 Å². The number of benzene rings is 1. The fourth-order valence-corrected chi connectivity index (χ4v) is 5.26. The summed E-state index contributed by atoms with van der Waals surface area (Å²) in [5.41, 5.74) is 11.1. The first kappa shape index (κ1) is 26.6. The quantitative estimate of drug-likeness (QED) is 0.0869. The molecule has 12 nitrogen and oxygen atoms in total. The predicted octanol–water partition coefficient (Wildman–Crippen LogP) is -0.558. The van der Waals surface area contributed by atoms with Crippen LogP contribution in [0, 0.1) is 5.82 Å². The summed E-state index contributed by atoms with van der Waals surface area (Å²) >= 11 is 0. The molecule has 3 atom stereocenters. The zero-order valence-corrected chi connectivity index (χ0v) is 20.6. The number of carbonyl (C=O) groups excluding carboxylic acids is 2. The van der Waals surface area contributed by atoms with E-state index in [4.69, 9.17) is 16.2 Å². The lowest BCUT2D eigenvalue weighted by molar-refractivity contribution is -0.623. The van der Waals surface area contributed by atoms with Gasteiger partial charge < -0.3 is 31.3 Å². The van der Waals surface area contributed by atoms with Crippen molar-refractivity contribution in [2.45, 2.75) is 68.5 Å². The fourth-order valence-electron chi connectivity index (χ4n) is 5.26. The number of aliphatic imine (C=N–C) groups is 1. The molecule has 3 unspecified atom stereocenters. The number of rotatable bonds is 11. The summed E-state index contributed by atoms with van der Waals surface area (Å²) in [5.74, 6) is -2.22. The van der Waals surface area contributed by atoms with Gasteiger partial charge in [-0.05, 0) is 37.1 Å². The Kier molecular flexibility index (Phi) is 7.83. The summed E-state index contributed by atoms with van der Waals surface area (Å²) in [6.07, 6.45) is 4.07. The van der Waals surface area contributed by atoms with Crippen molar-refractivity contribution in [1.82, 2.24) is 16.0 Å². The van der Waals surface area contributed by atoms with Gasteiger partial charge in [0.15, 0.2) is 17.8 Å². The van der Waals surface area contributed by atoms with E-state index in [9.17, 15) is 24.2 Å². The van der Waals surface area contributed by atoms with E-state index >= 15 is 0 Å². The highest BCUT2D eigenvalue weighted by atomic mass is 19.1. The second-order valence-corrected chi connectivity index (χ2v) is 9.68. The van der Waals surface area contributed by atoms with Crippen LogP contribution in [0.3, 0.4) is 0 Å². The number of Topliss-reactive ketones (excluding diaryl/α,β-unsaturated/α-hetero) is 1. The maximum Gasteiger partial charge on any atom is 0.407 e. The average molecular weight is 521 g/mol. The fraction of sp³-hybridized carbons (Fsp3) is 0.583. The highest BCUT2D eigenvalue weighted by molar-refractivity contribution is 5.95. The summed E-state index contributed by atoms with van der Waals surface area (Å²) in [5, 5.41) is 29.9. The lowest BCUT2D eigenvalue weighted by Gasteiger charge is -2.42. The second-order valence-electron chi connectivity index (χ2n) is 9.68. The number of halogens is 1. The van der Waals surface area contributed by atoms with Gasteiger partial charge in [-0.2, -0.15) is 0 Å². The van der Waals surface area contributed by atoms with Gasteiger partial charge >= 0.3 is 12.1 Å². The van der Waals surface area contributed by atoms with E-state index in [1.54, 1.807) is 4.58 Å². The van der Waals surface area contributed by atoms with Crippen LogP contribution >= 0.6 is 0 Å². The van der Waals surface area contributed by atoms with Gasteiger partial charge in [-0.15, -0.1) is 0 Å². The minimum absolute atomic E-state index is 0.00761. The molecule has 4 rings (SSSR count). The molecule has 0 aromatic heterocycles. The number of amides is 1. The molecule has 3 aliphatic rings. The number of nitrogens with zero attached hydrogens (tertiary/aromatic N) is 2. The first-order valence-electron chi connectivity index (χ1n) is 12.6. The van der Waals surface area contributed by atoms with Crippen LogP contribution in [0.2, 0.25) is 0 Å². The predicted molar refractivity (Wildman–Crippen MR) is 132 cm³/mol. The molecule has 0 saturated carbocycles. The number of alkyl carbamates (subject to hydrolysis) is 1. The third-order valence-corrected chi connectivity index (χ3v) is 7.16. The second kappa shape index (κ2) is 10.9. The number of carbonyl (C=O) groups is 2. The van der Waals surface area contributed by atoms with Crippen molar-refractivity contribution in [3.05, 3.63) is 35.6 Å². The van der Waals surface area contributed by atoms with Crippen LogP contribution in [-0.2, 0) is 4.74 Å². The number of unbranched alkanes of at least 4 members (excludes halogenated alkanes) is 4. The first-order chi connectivity index (χ1) is 17.6. The van der Waals surface area contributed by atoms with E-state index in [0.717, 1.165) is 32.1 Å². The molecular formula is C24H35FN7O5+. The number of hydrogen-bond donors (Lipinski definition) is 7. The Morgan fingerprint density at radius 3 is 2.62 bits per heavy atom. The molecule has 1 spiro atoms. The number of hydrogen-bond acceptors (Lipinski definition) is 10. The van der Waals surface area contributed by atoms with Gasteiger partial charge in [0.05, 0.1) is 6.54 Å². The van der Waals surface area contributed by atoms with E-state index in [2.05, 4.69) is 20.9 Å². The molecule has 1 aromatic carbocycles. The normalized spacial score (nSPS) is 25.4. The Hall–Kier alpha value is -3.45. The molecule has 0 bridgehead atoms. The molecular weight excluding hydrogens is 485 g/mol. The van der Waals surface area contributed by atoms with E-state index in [0.29, 0.717) is 18.5 Å². The van der Waals surface area contributed by atoms with Gasteiger partial charge in [-0.3, -0.25) is 15.8 Å². The first-order valence-corrected chi connectivity index (χ1v) is 12.6. The van der Waals surface area contributed by atoms with Crippen molar-refractivity contribution >= 4 is 23.8 Å². The number of guanidine groups is 2. The molecule has 1 amide bonds. The third-order valence-electron chi connectivity index (χ3n) is 7.16. The number of ether oxygens (including phenoxy) is 1. The lowest BCUT2D eigenvalue weighted by Crippen LogP contribution is -2.77. The van der Waals surface area contributed by atoms with Gasteiger partial charge in [-0.25, -0.2) is 18.8 Å². The van der Waals surface area contributed by atoms with Gasteiger partial charge in [0, 0.05) is 24.9 Å². The summed E-state index contributed by atoms with van der Waals surface area (Å²) in [6, 6.07) is 4.20. The van der Waals surface area contributed by atoms with Crippen molar-refractivity contribution in [1.29, 1.82) is 0 Å². The molecule has 3 heterocycles. The Morgan fingerprint density at radius 1 is 1.16 bits per heavy atom. The topological polar surface area (TPSA) is 187 Å². The van der Waals surface area contributed by atoms with E-state index in [1.807, 2.05) is 0 Å². The SMILES string of the molecule is NC1=NC2C(COC(=O)NCCCCCCCC(=O)c3ccc(F)cc3)NC(N)=[N+]3CCC(O)(O)C23N1. The van der Waals surface area contributed by atoms with Gasteiger partial charge in [0.2, 0.25) is 11.4 Å². The molecule has 0 aliphatic carbocycles. The Labute approximate surface area is 214 Å². The van der Waals surface area contributed by atoms with Crippen LogP contribution in [0.25, 0.3) is 0 Å². The van der Waals surface area contributed by atoms with E-state index in [-0.39, 0.29) is 43.1 Å². The zero-order chi connectivity index (χ0) is 26.6. The smallest absolute Gasteiger partial charge is 0.407 e. The number of nitrogens with one attached hydrogen (secondary N) is 3. The van der Waals surface area contributed by atoms with Crippen molar-refractivity contribution < 1.29 is 33.5 Å². The van der Waals surface area contributed by atoms with Crippen LogP contribution in [0.4, 0.5) is 9.18 Å². The van der Waals surface area contributed by atoms with E-state index in [1.165, 1.54) is 24.3 Å². The lowest BCUT2D eigenvalue weighted by atomic mass is 9.87. The third kappa shape index (κ3) is 5.47. The molecule has 37 heavy (non-hydrogen) atoms. The number of aliphatic hydroxyl groups is 2. The zero-order valence-electron chi connectivity index (χ0n) is 20.6. The highest BCUT2D eigenvalue weighted by Gasteiger charge is 2.71. The number of ketones is 1. The maximum absolute atomic E-state index is 12.9. The van der Waals surface area contributed by atoms with Crippen molar-refractivity contribution in [2.75, 3.05) is 19.7 Å². The molecule has 3 aliphatic heterocycles. The molecule has 0 radical (unpaired) electrons. The van der Waals surface area contributed by atoms with Crippen LogP contribution < -0.4 is 27.4 Å². The molecule has 202 valence electrons. The Bertz CT molecular complexity index is 1080. The van der Waals surface area contributed by atoms with Crippen LogP contribution in [0.1, 0.15) is 55.3 Å². The molecule has 13 heteroatoms. The standard InChI is InChI=1S/C24H34FN7O5/c25-16-9-7-15(8-10-16)18(33)6-4-2-1-3-5-12-28-22(34)37-14-17-19-24(31-20(26)30-19)23(35,36)11-13-32(24)21(27)29-17/h7-10,17,19,35-36H,1-6,11-14H2,(H6,26,27,28,29,30,31,34)/p+1. The van der Waals surface area contributed by atoms with Crippen molar-refractivity contribution in [3.8, 4) is 0 Å². The van der Waals surface area contributed by atoms with Crippen LogP contribution in [0.15, 0.2) is 29.3 Å². The molecule has 9 N–H and O–H groups in total. The average Bonchev–Trinajstić information content (AvgIpc) is 3.35. The molecule has 1 fully saturated rings.